The molecule has 1 atom stereocenters. The van der Waals surface area contributed by atoms with E-state index in [0.29, 0.717) is 29.7 Å². The Hall–Kier alpha value is -3.82. The summed E-state index contributed by atoms with van der Waals surface area (Å²) in [6.45, 7) is 6.59. The summed E-state index contributed by atoms with van der Waals surface area (Å²) in [7, 11) is 0. The average Bonchev–Trinajstić information content (AvgIpc) is 3.39. The smallest absolute Gasteiger partial charge is 0.347 e. The number of alkyl halides is 3. The molecule has 1 amide bonds. The number of hydrogen-bond donors (Lipinski definition) is 0. The topological polar surface area (TPSA) is 65.1 Å². The molecule has 0 radical (unpaired) electrons. The Morgan fingerprint density at radius 2 is 1.89 bits per heavy atom. The zero-order valence-corrected chi connectivity index (χ0v) is 19.5. The van der Waals surface area contributed by atoms with E-state index < -0.39 is 11.7 Å². The van der Waals surface area contributed by atoms with Gasteiger partial charge in [0, 0.05) is 49.0 Å². The van der Waals surface area contributed by atoms with Crippen LogP contribution < -0.4 is 5.56 Å². The fourth-order valence-electron chi connectivity index (χ4n) is 4.74. The third kappa shape index (κ3) is 3.82. The molecule has 0 spiro atoms. The number of aromatic nitrogens is 4. The predicted molar refractivity (Wildman–Crippen MR) is 125 cm³/mol. The number of amides is 1. The number of hydrogen-bond acceptors (Lipinski definition) is 3. The van der Waals surface area contributed by atoms with Gasteiger partial charge in [-0.15, -0.1) is 0 Å². The second-order valence-electron chi connectivity index (χ2n) is 8.89. The van der Waals surface area contributed by atoms with Gasteiger partial charge in [-0.3, -0.25) is 9.59 Å². The molecule has 4 aromatic rings. The Balaban J connectivity index is 1.51. The molecule has 182 valence electrons. The van der Waals surface area contributed by atoms with Gasteiger partial charge in [-0.25, -0.2) is 4.98 Å². The van der Waals surface area contributed by atoms with E-state index >= 15 is 0 Å². The molecule has 4 heterocycles. The molecule has 0 aliphatic carbocycles. The lowest BCUT2D eigenvalue weighted by Crippen LogP contribution is -2.49. The highest BCUT2D eigenvalue weighted by Gasteiger charge is 2.33. The van der Waals surface area contributed by atoms with Crippen LogP contribution in [0.5, 0.6) is 0 Å². The van der Waals surface area contributed by atoms with Crippen LogP contribution in [0.2, 0.25) is 0 Å². The zero-order valence-electron chi connectivity index (χ0n) is 19.5. The Bertz CT molecular complexity index is 1510. The maximum absolute atomic E-state index is 13.4. The van der Waals surface area contributed by atoms with E-state index in [1.165, 1.54) is 10.6 Å². The lowest BCUT2D eigenvalue weighted by atomic mass is 10.1. The van der Waals surface area contributed by atoms with Crippen molar-refractivity contribution >= 4 is 16.8 Å². The van der Waals surface area contributed by atoms with Crippen LogP contribution in [0, 0.1) is 6.92 Å². The lowest BCUT2D eigenvalue weighted by molar-refractivity contribution is -0.137. The molecule has 0 saturated heterocycles. The number of rotatable bonds is 4. The van der Waals surface area contributed by atoms with Crippen molar-refractivity contribution in [3.05, 3.63) is 81.9 Å². The minimum absolute atomic E-state index is 0.228. The third-order valence-electron chi connectivity index (χ3n) is 6.58. The molecular formula is C25H24F3N5O2. The van der Waals surface area contributed by atoms with Crippen LogP contribution >= 0.6 is 0 Å². The molecule has 0 fully saturated rings. The van der Waals surface area contributed by atoms with E-state index in [4.69, 9.17) is 0 Å². The summed E-state index contributed by atoms with van der Waals surface area (Å²) in [5.74, 6) is -0.293. The van der Waals surface area contributed by atoms with Gasteiger partial charge in [-0.05, 0) is 50.6 Å². The Morgan fingerprint density at radius 3 is 2.54 bits per heavy atom. The Kier molecular flexibility index (Phi) is 5.34. The van der Waals surface area contributed by atoms with Crippen molar-refractivity contribution < 1.29 is 18.0 Å². The van der Waals surface area contributed by atoms with E-state index in [9.17, 15) is 22.8 Å². The van der Waals surface area contributed by atoms with Crippen molar-refractivity contribution in [3.8, 4) is 5.69 Å². The van der Waals surface area contributed by atoms with E-state index in [0.717, 1.165) is 23.4 Å². The van der Waals surface area contributed by atoms with E-state index in [1.54, 1.807) is 44.9 Å². The molecule has 0 N–H and O–H groups in total. The maximum Gasteiger partial charge on any atom is 0.416 e. The highest BCUT2D eigenvalue weighted by Crippen LogP contribution is 2.34. The van der Waals surface area contributed by atoms with Gasteiger partial charge in [0.25, 0.3) is 11.5 Å². The first kappa shape index (κ1) is 22.9. The lowest BCUT2D eigenvalue weighted by Gasteiger charge is -2.35. The van der Waals surface area contributed by atoms with Crippen LogP contribution in [0.25, 0.3) is 16.6 Å². The fraction of sp³-hybridized carbons (Fsp3) is 0.320. The van der Waals surface area contributed by atoms with Crippen molar-refractivity contribution in [3.63, 3.8) is 0 Å². The number of nitrogens with zero attached hydrogens (tertiary/aromatic N) is 5. The van der Waals surface area contributed by atoms with Crippen molar-refractivity contribution in [1.29, 1.82) is 0 Å². The molecule has 7 nitrogen and oxygen atoms in total. The summed E-state index contributed by atoms with van der Waals surface area (Å²) in [6, 6.07) is 6.65. The first-order valence-electron chi connectivity index (χ1n) is 11.3. The van der Waals surface area contributed by atoms with E-state index in [1.807, 2.05) is 20.8 Å². The molecule has 0 saturated carbocycles. The minimum atomic E-state index is -4.43. The van der Waals surface area contributed by atoms with Crippen LogP contribution in [0.1, 0.15) is 41.2 Å². The average molecular weight is 483 g/mol. The Labute approximate surface area is 199 Å². The molecule has 1 aliphatic heterocycles. The number of pyridine rings is 1. The summed E-state index contributed by atoms with van der Waals surface area (Å²) in [4.78, 5) is 32.4. The second-order valence-corrected chi connectivity index (χ2v) is 8.89. The largest absolute Gasteiger partial charge is 0.416 e. The Morgan fingerprint density at radius 1 is 1.11 bits per heavy atom. The summed E-state index contributed by atoms with van der Waals surface area (Å²) in [5, 5.41) is 0.675. The van der Waals surface area contributed by atoms with Crippen LogP contribution in [0.15, 0.2) is 53.8 Å². The van der Waals surface area contributed by atoms with Gasteiger partial charge < -0.3 is 18.6 Å². The predicted octanol–water partition coefficient (Wildman–Crippen LogP) is 4.38. The van der Waals surface area contributed by atoms with Crippen LogP contribution in [0.4, 0.5) is 13.2 Å². The van der Waals surface area contributed by atoms with Crippen molar-refractivity contribution in [1.82, 2.24) is 23.6 Å². The van der Waals surface area contributed by atoms with Crippen molar-refractivity contribution in [2.75, 3.05) is 0 Å². The van der Waals surface area contributed by atoms with Gasteiger partial charge in [0.1, 0.15) is 11.4 Å². The zero-order chi connectivity index (χ0) is 25.1. The van der Waals surface area contributed by atoms with Crippen LogP contribution in [-0.4, -0.2) is 35.5 Å². The van der Waals surface area contributed by atoms with E-state index in [2.05, 4.69) is 4.98 Å². The molecule has 1 aromatic carbocycles. The first-order valence-corrected chi connectivity index (χ1v) is 11.3. The molecule has 35 heavy (non-hydrogen) atoms. The molecule has 1 aliphatic rings. The molecular weight excluding hydrogens is 459 g/mol. The first-order chi connectivity index (χ1) is 16.6. The van der Waals surface area contributed by atoms with Crippen molar-refractivity contribution in [2.45, 2.75) is 52.6 Å². The van der Waals surface area contributed by atoms with Gasteiger partial charge in [0.15, 0.2) is 0 Å². The summed E-state index contributed by atoms with van der Waals surface area (Å²) in [6.07, 6.45) is 0.682. The standard InChI is InChI=1S/C25H24F3N5O2/c1-4-30-12-17(19-6-5-18(9-22(19)30)25(26,27)28)13-32-16(3)11-33-21(24(32)35)8-7-20(23(33)34)31-10-15(2)29-14-31/h5-10,12,14,16H,4,11,13H2,1-3H3. The van der Waals surface area contributed by atoms with Crippen molar-refractivity contribution in [2.24, 2.45) is 0 Å². The minimum Gasteiger partial charge on any atom is -0.347 e. The summed E-state index contributed by atoms with van der Waals surface area (Å²) < 4.78 is 44.6. The molecule has 0 bridgehead atoms. The third-order valence-corrected chi connectivity index (χ3v) is 6.58. The number of carbonyl (C=O) groups excluding carboxylic acids is 1. The molecule has 5 rings (SSSR count). The number of aryl methyl sites for hydroxylation is 2. The van der Waals surface area contributed by atoms with Crippen LogP contribution in [0.3, 0.4) is 0 Å². The number of fused-ring (bicyclic) bond motifs is 2. The quantitative estimate of drug-likeness (QED) is 0.433. The van der Waals surface area contributed by atoms with Gasteiger partial charge >= 0.3 is 6.18 Å². The van der Waals surface area contributed by atoms with Gasteiger partial charge in [0.05, 0.1) is 17.6 Å². The maximum atomic E-state index is 13.4. The normalized spacial score (nSPS) is 16.2. The van der Waals surface area contributed by atoms with Gasteiger partial charge in [-0.1, -0.05) is 6.07 Å². The van der Waals surface area contributed by atoms with Crippen LogP contribution in [-0.2, 0) is 25.8 Å². The summed E-state index contributed by atoms with van der Waals surface area (Å²) in [5.41, 5.74) is 1.73. The van der Waals surface area contributed by atoms with E-state index in [-0.39, 0.29) is 29.7 Å². The van der Waals surface area contributed by atoms with Gasteiger partial charge in [-0.2, -0.15) is 13.2 Å². The molecule has 10 heteroatoms. The monoisotopic (exact) mass is 483 g/mol. The molecule has 1 unspecified atom stereocenters. The number of carbonyl (C=O) groups is 1. The molecule has 3 aromatic heterocycles. The number of imidazole rings is 1. The van der Waals surface area contributed by atoms with Gasteiger partial charge in [0.2, 0.25) is 0 Å². The highest BCUT2D eigenvalue weighted by molar-refractivity contribution is 5.94. The SMILES string of the molecule is CCn1cc(CN2C(=O)c3ccc(-n4cnc(C)c4)c(=O)n3CC2C)c2ccc(C(F)(F)F)cc21. The highest BCUT2D eigenvalue weighted by atomic mass is 19.4. The second kappa shape index (κ2) is 8.14. The number of benzene rings is 1. The number of halogens is 3. The summed E-state index contributed by atoms with van der Waals surface area (Å²) >= 11 is 0. The fourth-order valence-corrected chi connectivity index (χ4v) is 4.74.